The van der Waals surface area contributed by atoms with Crippen molar-refractivity contribution in [1.82, 2.24) is 19.9 Å². The van der Waals surface area contributed by atoms with E-state index in [1.54, 1.807) is 22.7 Å². The van der Waals surface area contributed by atoms with Crippen LogP contribution in [0.25, 0.3) is 11.0 Å². The first-order valence-corrected chi connectivity index (χ1v) is 7.80. The molecule has 0 radical (unpaired) electrons. The maximum atomic E-state index is 12.6. The number of carbonyl (C=O) groups is 1. The van der Waals surface area contributed by atoms with E-state index in [1.807, 2.05) is 43.3 Å². The Morgan fingerprint density at radius 1 is 1.26 bits per heavy atom. The van der Waals surface area contributed by atoms with E-state index in [0.717, 1.165) is 23.1 Å². The molecule has 1 heterocycles. The third-order valence-electron chi connectivity index (χ3n) is 3.77. The zero-order valence-corrected chi connectivity index (χ0v) is 13.8. The van der Waals surface area contributed by atoms with Gasteiger partial charge in [0.05, 0.1) is 5.52 Å². The molecule has 2 aromatic carbocycles. The summed E-state index contributed by atoms with van der Waals surface area (Å²) in [6.07, 6.45) is 0. The lowest BCUT2D eigenvalue weighted by Crippen LogP contribution is -2.26. The summed E-state index contributed by atoms with van der Waals surface area (Å²) in [7, 11) is 1.76. The van der Waals surface area contributed by atoms with Crippen molar-refractivity contribution in [3.8, 4) is 0 Å². The first-order chi connectivity index (χ1) is 11.1. The van der Waals surface area contributed by atoms with Crippen molar-refractivity contribution in [3.63, 3.8) is 0 Å². The van der Waals surface area contributed by atoms with Crippen LogP contribution < -0.4 is 0 Å². The molecule has 0 aliphatic rings. The van der Waals surface area contributed by atoms with Crippen molar-refractivity contribution < 1.29 is 4.79 Å². The second kappa shape index (κ2) is 6.38. The number of rotatable bonds is 4. The fraction of sp³-hybridized carbons (Fsp3) is 0.235. The topological polar surface area (TPSA) is 51.0 Å². The van der Waals surface area contributed by atoms with Crippen molar-refractivity contribution in [1.29, 1.82) is 0 Å². The normalized spacial score (nSPS) is 10.9. The van der Waals surface area contributed by atoms with Crippen molar-refractivity contribution in [3.05, 3.63) is 58.6 Å². The molecule has 3 rings (SSSR count). The van der Waals surface area contributed by atoms with E-state index in [-0.39, 0.29) is 5.91 Å². The van der Waals surface area contributed by atoms with Gasteiger partial charge in [0.15, 0.2) is 0 Å². The lowest BCUT2D eigenvalue weighted by atomic mass is 10.1. The minimum atomic E-state index is -0.0714. The highest BCUT2D eigenvalue weighted by Gasteiger charge is 2.15. The molecule has 118 valence electrons. The van der Waals surface area contributed by atoms with Gasteiger partial charge in [-0.25, -0.2) is 4.68 Å². The molecule has 0 saturated heterocycles. The lowest BCUT2D eigenvalue weighted by Gasteiger charge is -2.18. The highest BCUT2D eigenvalue weighted by Crippen LogP contribution is 2.19. The molecule has 0 fully saturated rings. The van der Waals surface area contributed by atoms with Gasteiger partial charge in [0.2, 0.25) is 0 Å². The Hall–Kier alpha value is -2.40. The maximum absolute atomic E-state index is 12.6. The Kier molecular flexibility index (Phi) is 4.30. The largest absolute Gasteiger partial charge is 0.337 e. The Balaban J connectivity index is 1.83. The summed E-state index contributed by atoms with van der Waals surface area (Å²) < 4.78 is 1.80. The number of benzene rings is 2. The monoisotopic (exact) mass is 328 g/mol. The maximum Gasteiger partial charge on any atom is 0.253 e. The molecule has 0 bridgehead atoms. The Labute approximate surface area is 139 Å². The third-order valence-corrected chi connectivity index (χ3v) is 4.14. The second-order valence-electron chi connectivity index (χ2n) is 5.36. The summed E-state index contributed by atoms with van der Waals surface area (Å²) in [5.74, 6) is -0.0714. The molecule has 0 N–H and O–H groups in total. The van der Waals surface area contributed by atoms with Crippen LogP contribution >= 0.6 is 11.6 Å². The van der Waals surface area contributed by atoms with Crippen LogP contribution in [0.3, 0.4) is 0 Å². The van der Waals surface area contributed by atoms with E-state index in [1.165, 1.54) is 0 Å². The van der Waals surface area contributed by atoms with Gasteiger partial charge in [-0.05, 0) is 36.8 Å². The zero-order chi connectivity index (χ0) is 16.4. The van der Waals surface area contributed by atoms with Gasteiger partial charge >= 0.3 is 0 Å². The van der Waals surface area contributed by atoms with Crippen LogP contribution in [-0.4, -0.2) is 32.8 Å². The minimum Gasteiger partial charge on any atom is -0.337 e. The smallest absolute Gasteiger partial charge is 0.253 e. The summed E-state index contributed by atoms with van der Waals surface area (Å²) >= 11 is 6.16. The van der Waals surface area contributed by atoms with Gasteiger partial charge in [-0.1, -0.05) is 35.0 Å². The van der Waals surface area contributed by atoms with Gasteiger partial charge in [0, 0.05) is 30.7 Å². The number of aromatic nitrogens is 3. The van der Waals surface area contributed by atoms with Crippen LogP contribution in [0.4, 0.5) is 0 Å². The van der Waals surface area contributed by atoms with Crippen molar-refractivity contribution in [2.24, 2.45) is 0 Å². The first kappa shape index (κ1) is 15.5. The molecule has 6 heteroatoms. The first-order valence-electron chi connectivity index (χ1n) is 7.42. The zero-order valence-electron chi connectivity index (χ0n) is 13.0. The molecule has 3 aromatic rings. The number of hydrogen-bond donors (Lipinski definition) is 0. The second-order valence-corrected chi connectivity index (χ2v) is 5.77. The van der Waals surface area contributed by atoms with E-state index >= 15 is 0 Å². The van der Waals surface area contributed by atoms with Gasteiger partial charge < -0.3 is 4.90 Å². The number of halogens is 1. The van der Waals surface area contributed by atoms with Crippen molar-refractivity contribution in [2.45, 2.75) is 20.0 Å². The average Bonchev–Trinajstić information content (AvgIpc) is 2.98. The van der Waals surface area contributed by atoms with Crippen LogP contribution in [0.5, 0.6) is 0 Å². The van der Waals surface area contributed by atoms with Gasteiger partial charge in [0.25, 0.3) is 5.91 Å². The Morgan fingerprint density at radius 3 is 2.78 bits per heavy atom. The van der Waals surface area contributed by atoms with Crippen LogP contribution in [0.2, 0.25) is 5.02 Å². The fourth-order valence-electron chi connectivity index (χ4n) is 2.51. The number of nitrogens with zero attached hydrogens (tertiary/aromatic N) is 4. The molecule has 23 heavy (non-hydrogen) atoms. The Bertz CT molecular complexity index is 859. The van der Waals surface area contributed by atoms with Crippen LogP contribution in [-0.2, 0) is 13.1 Å². The third kappa shape index (κ3) is 3.05. The van der Waals surface area contributed by atoms with Crippen molar-refractivity contribution >= 4 is 28.5 Å². The molecular formula is C17H17ClN4O. The molecule has 0 unspecified atom stereocenters. The van der Waals surface area contributed by atoms with Crippen LogP contribution in [0, 0.1) is 0 Å². The standard InChI is InChI=1S/C17H17ClN4O/c1-3-22-16-9-8-12(10-15(16)19-20-22)17(23)21(2)11-13-6-4-5-7-14(13)18/h4-10H,3,11H2,1-2H3. The average molecular weight is 329 g/mol. The molecule has 1 aromatic heterocycles. The number of fused-ring (bicyclic) bond motifs is 1. The predicted molar refractivity (Wildman–Crippen MR) is 90.5 cm³/mol. The highest BCUT2D eigenvalue weighted by molar-refractivity contribution is 6.31. The van der Waals surface area contributed by atoms with E-state index in [4.69, 9.17) is 11.6 Å². The van der Waals surface area contributed by atoms with Gasteiger partial charge in [-0.2, -0.15) is 0 Å². The quantitative estimate of drug-likeness (QED) is 0.737. The number of amides is 1. The predicted octanol–water partition coefficient (Wildman–Crippen LogP) is 3.38. The molecule has 0 atom stereocenters. The van der Waals surface area contributed by atoms with Gasteiger partial charge in [0.1, 0.15) is 5.52 Å². The fourth-order valence-corrected chi connectivity index (χ4v) is 2.71. The molecule has 0 aliphatic carbocycles. The van der Waals surface area contributed by atoms with Crippen LogP contribution in [0.15, 0.2) is 42.5 Å². The summed E-state index contributed by atoms with van der Waals surface area (Å²) in [5.41, 5.74) is 3.17. The highest BCUT2D eigenvalue weighted by atomic mass is 35.5. The number of aryl methyl sites for hydroxylation is 1. The van der Waals surface area contributed by atoms with Gasteiger partial charge in [-0.3, -0.25) is 4.79 Å². The number of hydrogen-bond acceptors (Lipinski definition) is 3. The lowest BCUT2D eigenvalue weighted by molar-refractivity contribution is 0.0785. The molecule has 5 nitrogen and oxygen atoms in total. The summed E-state index contributed by atoms with van der Waals surface area (Å²) in [6.45, 7) is 3.21. The van der Waals surface area contributed by atoms with E-state index < -0.39 is 0 Å². The number of carbonyl (C=O) groups excluding carboxylic acids is 1. The van der Waals surface area contributed by atoms with E-state index in [2.05, 4.69) is 10.3 Å². The molecular weight excluding hydrogens is 312 g/mol. The van der Waals surface area contributed by atoms with Crippen LogP contribution in [0.1, 0.15) is 22.8 Å². The SMILES string of the molecule is CCn1nnc2cc(C(=O)N(C)Cc3ccccc3Cl)ccc21. The minimum absolute atomic E-state index is 0.0714. The molecule has 0 saturated carbocycles. The van der Waals surface area contributed by atoms with E-state index in [0.29, 0.717) is 17.1 Å². The summed E-state index contributed by atoms with van der Waals surface area (Å²) in [4.78, 5) is 14.3. The van der Waals surface area contributed by atoms with Crippen molar-refractivity contribution in [2.75, 3.05) is 7.05 Å². The summed E-state index contributed by atoms with van der Waals surface area (Å²) in [6, 6.07) is 13.0. The molecule has 1 amide bonds. The van der Waals surface area contributed by atoms with Gasteiger partial charge in [-0.15, -0.1) is 5.10 Å². The molecule has 0 spiro atoms. The summed E-state index contributed by atoms with van der Waals surface area (Å²) in [5, 5.41) is 8.83. The Morgan fingerprint density at radius 2 is 2.04 bits per heavy atom. The molecule has 0 aliphatic heterocycles. The van der Waals surface area contributed by atoms with E-state index in [9.17, 15) is 4.79 Å².